The Morgan fingerprint density at radius 1 is 0.337 bits per heavy atom. The smallest absolute Gasteiger partial charge is 0.243 e. The fourth-order valence-corrected chi connectivity index (χ4v) is 10.5. The van der Waals surface area contributed by atoms with Crippen LogP contribution in [0.3, 0.4) is 0 Å². The topological polar surface area (TPSA) is 267 Å². The summed E-state index contributed by atoms with van der Waals surface area (Å²) >= 11 is 0. The summed E-state index contributed by atoms with van der Waals surface area (Å²) in [7, 11) is 0. The minimum Gasteiger partial charge on any atom is -0.379 e. The van der Waals surface area contributed by atoms with E-state index in [-0.39, 0.29) is 64.6 Å². The molecule has 8 aromatic carbocycles. The summed E-state index contributed by atoms with van der Waals surface area (Å²) in [6.45, 7) is 9.64. The summed E-state index contributed by atoms with van der Waals surface area (Å²) in [6, 6.07) is 35.4. The van der Waals surface area contributed by atoms with Gasteiger partial charge in [-0.3, -0.25) is 19.2 Å². The highest BCUT2D eigenvalue weighted by molar-refractivity contribution is 6.24. The maximum Gasteiger partial charge on any atom is 0.243 e. The second-order valence-corrected chi connectivity index (χ2v) is 21.1. The van der Waals surface area contributed by atoms with Crippen molar-refractivity contribution in [3.63, 3.8) is 0 Å². The van der Waals surface area contributed by atoms with Gasteiger partial charge in [0, 0.05) is 38.8 Å². The highest BCUT2D eigenvalue weighted by Gasteiger charge is 2.29. The van der Waals surface area contributed by atoms with Crippen LogP contribution in [0.5, 0.6) is 0 Å². The first-order valence-corrected chi connectivity index (χ1v) is 30.9. The number of nitrogens with one attached hydrogen (secondary N) is 3. The average Bonchev–Trinajstić information content (AvgIpc) is 0.900. The van der Waals surface area contributed by atoms with E-state index in [1.54, 1.807) is 0 Å². The van der Waals surface area contributed by atoms with Crippen molar-refractivity contribution in [2.24, 2.45) is 11.5 Å². The van der Waals surface area contributed by atoms with Gasteiger partial charge in [-0.05, 0) is 75.8 Å². The molecular formula is C68H87N5O16. The molecule has 0 saturated heterocycles. The monoisotopic (exact) mass is 1230 g/mol. The van der Waals surface area contributed by atoms with Crippen molar-refractivity contribution < 1.29 is 76.0 Å². The number of amides is 4. The minimum absolute atomic E-state index is 0.0154. The standard InChI is InChI=1S/C68H87N5O16/c69-21-25-80-29-33-84-37-41-88-45-43-87-40-36-83-32-28-79-24-20-62(75)72-60(48-56-14-12-54-10-8-50-4-2-6-52-16-18-58(56)66(54)64(50)52)68(77)73-59(47-55-13-11-53-9-7-49-3-1-5-51-15-17-57(55)65(53)63(49)51)67(76)71-22-26-81-30-34-85-38-42-89-46-44-86-39-35-82-31-27-78-23-19-61(70)74/h1-18,59-60H,19-48,69H2,(H2,70,74)(H,71,76)(H,72,75)(H,73,77)/t59-,60-/m0/s1. The number of carbonyl (C=O) groups is 4. The molecule has 4 amide bonds. The van der Waals surface area contributed by atoms with Crippen LogP contribution in [0.4, 0.5) is 0 Å². The Morgan fingerprint density at radius 3 is 1.03 bits per heavy atom. The lowest BCUT2D eigenvalue weighted by Crippen LogP contribution is -2.55. The lowest BCUT2D eigenvalue weighted by Gasteiger charge is -2.25. The number of primary amides is 1. The Bertz CT molecular complexity index is 3360. The van der Waals surface area contributed by atoms with Crippen LogP contribution in [0.25, 0.3) is 64.6 Å². The molecule has 0 spiro atoms. The molecule has 0 fully saturated rings. The number of carbonyl (C=O) groups excluding carboxylic acids is 4. The van der Waals surface area contributed by atoms with Crippen molar-refractivity contribution in [3.05, 3.63) is 120 Å². The number of hydrogen-bond acceptors (Lipinski definition) is 17. The van der Waals surface area contributed by atoms with Gasteiger partial charge in [0.05, 0.1) is 159 Å². The molecule has 0 aliphatic rings. The summed E-state index contributed by atoms with van der Waals surface area (Å²) in [5.74, 6) is -1.69. The van der Waals surface area contributed by atoms with Crippen molar-refractivity contribution >= 4 is 88.3 Å². The van der Waals surface area contributed by atoms with Gasteiger partial charge in [-0.25, -0.2) is 0 Å². The van der Waals surface area contributed by atoms with E-state index in [0.717, 1.165) is 75.8 Å². The molecule has 0 bridgehead atoms. The summed E-state index contributed by atoms with van der Waals surface area (Å²) in [5, 5.41) is 22.2. The molecule has 0 aliphatic carbocycles. The van der Waals surface area contributed by atoms with Gasteiger partial charge in [-0.15, -0.1) is 0 Å². The number of rotatable bonds is 49. The Labute approximate surface area is 519 Å². The third-order valence-electron chi connectivity index (χ3n) is 14.9. The molecule has 2 atom stereocenters. The normalized spacial score (nSPS) is 12.6. The Balaban J connectivity index is 0.841. The van der Waals surface area contributed by atoms with E-state index >= 15 is 4.79 Å². The molecule has 8 aromatic rings. The molecule has 7 N–H and O–H groups in total. The van der Waals surface area contributed by atoms with Crippen molar-refractivity contribution in [2.75, 3.05) is 172 Å². The van der Waals surface area contributed by atoms with Gasteiger partial charge in [0.25, 0.3) is 0 Å². The zero-order valence-electron chi connectivity index (χ0n) is 50.9. The van der Waals surface area contributed by atoms with E-state index in [1.807, 2.05) is 24.3 Å². The minimum atomic E-state index is -1.07. The lowest BCUT2D eigenvalue weighted by atomic mass is 9.89. The highest BCUT2D eigenvalue weighted by Crippen LogP contribution is 2.38. The Hall–Kier alpha value is -6.80. The number of hydrogen-bond donors (Lipinski definition) is 5. The zero-order valence-corrected chi connectivity index (χ0v) is 50.9. The summed E-state index contributed by atoms with van der Waals surface area (Å²) in [6.07, 6.45) is 0.484. The largest absolute Gasteiger partial charge is 0.379 e. The van der Waals surface area contributed by atoms with Gasteiger partial charge in [0.2, 0.25) is 23.6 Å². The van der Waals surface area contributed by atoms with E-state index in [9.17, 15) is 14.4 Å². The van der Waals surface area contributed by atoms with E-state index in [4.69, 9.17) is 68.3 Å². The molecule has 0 radical (unpaired) electrons. The molecule has 0 aliphatic heterocycles. The van der Waals surface area contributed by atoms with Gasteiger partial charge in [-0.2, -0.15) is 0 Å². The fourth-order valence-electron chi connectivity index (χ4n) is 10.5. The molecule has 21 heteroatoms. The molecule has 0 aromatic heterocycles. The summed E-state index contributed by atoms with van der Waals surface area (Å²) in [4.78, 5) is 54.3. The third-order valence-corrected chi connectivity index (χ3v) is 14.9. The maximum atomic E-state index is 15.1. The van der Waals surface area contributed by atoms with Gasteiger partial charge < -0.3 is 84.3 Å². The summed E-state index contributed by atoms with van der Waals surface area (Å²) < 4.78 is 66.6. The molecule has 0 saturated carbocycles. The lowest BCUT2D eigenvalue weighted by molar-refractivity contribution is -0.132. The van der Waals surface area contributed by atoms with Gasteiger partial charge >= 0.3 is 0 Å². The third kappa shape index (κ3) is 22.0. The zero-order chi connectivity index (χ0) is 62.1. The predicted octanol–water partition coefficient (Wildman–Crippen LogP) is 5.78. The predicted molar refractivity (Wildman–Crippen MR) is 342 cm³/mol. The number of nitrogens with two attached hydrogens (primary N) is 2. The maximum absolute atomic E-state index is 15.1. The molecule has 480 valence electrons. The number of ether oxygens (including phenoxy) is 12. The first kappa shape index (κ1) is 68.1. The second-order valence-electron chi connectivity index (χ2n) is 21.1. The van der Waals surface area contributed by atoms with Crippen LogP contribution in [-0.2, 0) is 88.9 Å². The first-order chi connectivity index (χ1) is 43.8. The molecule has 21 nitrogen and oxygen atoms in total. The first-order valence-electron chi connectivity index (χ1n) is 30.9. The van der Waals surface area contributed by atoms with Crippen LogP contribution in [-0.4, -0.2) is 207 Å². The van der Waals surface area contributed by atoms with Gasteiger partial charge in [0.1, 0.15) is 12.1 Å². The van der Waals surface area contributed by atoms with Crippen molar-refractivity contribution in [3.8, 4) is 0 Å². The highest BCUT2D eigenvalue weighted by atomic mass is 16.6. The van der Waals surface area contributed by atoms with Crippen LogP contribution in [0.2, 0.25) is 0 Å². The van der Waals surface area contributed by atoms with Gasteiger partial charge in [0.15, 0.2) is 0 Å². The van der Waals surface area contributed by atoms with Crippen LogP contribution < -0.4 is 27.4 Å². The van der Waals surface area contributed by atoms with E-state index < -0.39 is 29.8 Å². The van der Waals surface area contributed by atoms with Crippen LogP contribution in [0.15, 0.2) is 109 Å². The molecule has 8 rings (SSSR count). The van der Waals surface area contributed by atoms with Gasteiger partial charge in [-0.1, -0.05) is 109 Å². The second kappa shape index (κ2) is 38.7. The Kier molecular flexibility index (Phi) is 29.6. The SMILES string of the molecule is NCCOCCOCCOCCOCCOCCOCCC(=O)N[C@@H](Cc1ccc2ccc3cccc4ccc1c2c34)C(=O)N[C@@H](Cc1ccc2ccc3cccc4ccc1c2c34)C(=O)NCCOCCOCCOCCOCCOCCOCCC(N)=O. The van der Waals surface area contributed by atoms with Crippen molar-refractivity contribution in [1.29, 1.82) is 0 Å². The average molecular weight is 1230 g/mol. The Morgan fingerprint density at radius 2 is 0.652 bits per heavy atom. The molecular weight excluding hydrogens is 1140 g/mol. The van der Waals surface area contributed by atoms with Crippen molar-refractivity contribution in [1.82, 2.24) is 16.0 Å². The fraction of sp³-hybridized carbons (Fsp3) is 0.471. The number of benzene rings is 8. The van der Waals surface area contributed by atoms with E-state index in [2.05, 4.69) is 101 Å². The quantitative estimate of drug-likeness (QED) is 0.0224. The van der Waals surface area contributed by atoms with Crippen LogP contribution in [0, 0.1) is 0 Å². The van der Waals surface area contributed by atoms with Crippen LogP contribution in [0.1, 0.15) is 24.0 Å². The molecule has 0 heterocycles. The molecule has 0 unspecified atom stereocenters. The van der Waals surface area contributed by atoms with E-state index in [1.165, 1.54) is 0 Å². The van der Waals surface area contributed by atoms with E-state index in [0.29, 0.717) is 139 Å². The molecule has 89 heavy (non-hydrogen) atoms. The summed E-state index contributed by atoms with van der Waals surface area (Å²) in [5.41, 5.74) is 12.3. The van der Waals surface area contributed by atoms with Crippen molar-refractivity contribution in [2.45, 2.75) is 37.8 Å². The van der Waals surface area contributed by atoms with Crippen LogP contribution >= 0.6 is 0 Å².